The summed E-state index contributed by atoms with van der Waals surface area (Å²) in [5, 5.41) is 12.6. The van der Waals surface area contributed by atoms with Gasteiger partial charge in [0.25, 0.3) is 0 Å². The quantitative estimate of drug-likeness (QED) is 0.243. The zero-order chi connectivity index (χ0) is 26.6. The lowest BCUT2D eigenvalue weighted by Gasteiger charge is -2.69. The number of nitrogens with zero attached hydrogens (tertiary/aromatic N) is 1. The smallest absolute Gasteiger partial charge is 0.165 e. The lowest BCUT2D eigenvalue weighted by Crippen LogP contribution is -2.77. The Labute approximate surface area is 244 Å². The van der Waals surface area contributed by atoms with Crippen molar-refractivity contribution < 1.29 is 19.3 Å². The molecule has 6 aliphatic carbocycles. The van der Waals surface area contributed by atoms with Crippen molar-refractivity contribution in [3.8, 4) is 11.5 Å². The van der Waals surface area contributed by atoms with E-state index in [4.69, 9.17) is 14.2 Å². The van der Waals surface area contributed by atoms with Crippen LogP contribution in [0.2, 0.25) is 0 Å². The molecule has 5 nitrogen and oxygen atoms in total. The van der Waals surface area contributed by atoms with Crippen LogP contribution in [0.4, 0.5) is 0 Å². The van der Waals surface area contributed by atoms with E-state index in [-0.39, 0.29) is 32.3 Å². The summed E-state index contributed by atoms with van der Waals surface area (Å²) in [6, 6.07) is 15.6. The molecule has 6 heteroatoms. The number of methoxy groups -OCH3 is 2. The minimum Gasteiger partial charge on any atom is -0.493 e. The first-order valence-electron chi connectivity index (χ1n) is 14.9. The van der Waals surface area contributed by atoms with E-state index < -0.39 is 11.2 Å². The summed E-state index contributed by atoms with van der Waals surface area (Å²) in [6.45, 7) is 3.33. The molecule has 10 rings (SSSR count). The van der Waals surface area contributed by atoms with Crippen LogP contribution in [0, 0.1) is 17.3 Å². The van der Waals surface area contributed by atoms with Crippen molar-refractivity contribution in [2.24, 2.45) is 17.3 Å². The molecule has 2 aliphatic heterocycles. The van der Waals surface area contributed by atoms with Gasteiger partial charge in [-0.1, -0.05) is 59.0 Å². The van der Waals surface area contributed by atoms with E-state index in [2.05, 4.69) is 76.9 Å². The second kappa shape index (κ2) is 7.34. The molecular weight excluding hydrogens is 601 g/mol. The van der Waals surface area contributed by atoms with E-state index >= 15 is 0 Å². The number of hydrogen-bond donors (Lipinski definition) is 1. The fourth-order valence-electron chi connectivity index (χ4n) is 11.3. The Morgan fingerprint density at radius 2 is 1.95 bits per heavy atom. The van der Waals surface area contributed by atoms with Gasteiger partial charge in [0.2, 0.25) is 0 Å². The number of hydrogen-bond acceptors (Lipinski definition) is 5. The van der Waals surface area contributed by atoms with Crippen LogP contribution in [0.15, 0.2) is 42.5 Å². The number of benzene rings is 2. The predicted octanol–water partition coefficient (Wildman–Crippen LogP) is 5.60. The van der Waals surface area contributed by atoms with Gasteiger partial charge in [-0.3, -0.25) is 4.90 Å². The molecule has 0 aromatic heterocycles. The Bertz CT molecular complexity index is 1390. The first kappa shape index (κ1) is 24.3. The second-order valence-corrected chi connectivity index (χ2v) is 15.4. The van der Waals surface area contributed by atoms with Gasteiger partial charge in [-0.05, 0) is 75.0 Å². The lowest BCUT2D eigenvalue weighted by molar-refractivity contribution is -0.277. The highest BCUT2D eigenvalue weighted by molar-refractivity contribution is 14.1. The maximum atomic E-state index is 12.6. The van der Waals surface area contributed by atoms with Crippen molar-refractivity contribution >= 4 is 22.6 Å². The van der Waals surface area contributed by atoms with Gasteiger partial charge in [0.1, 0.15) is 11.7 Å². The summed E-state index contributed by atoms with van der Waals surface area (Å²) < 4.78 is 19.8. The molecule has 3 spiro atoms. The molecule has 1 saturated heterocycles. The Balaban J connectivity index is 1.25. The third kappa shape index (κ3) is 2.54. The number of ether oxygens (including phenoxy) is 3. The molecule has 0 radical (unpaired) electrons. The van der Waals surface area contributed by atoms with Crippen LogP contribution < -0.4 is 9.47 Å². The lowest BCUT2D eigenvalue weighted by atomic mass is 9.39. The number of alkyl halides is 1. The fraction of sp³-hybridized carbons (Fsp3) is 0.636. The number of piperidine rings is 1. The Morgan fingerprint density at radius 1 is 1.15 bits per heavy atom. The summed E-state index contributed by atoms with van der Waals surface area (Å²) in [4.78, 5) is 2.92. The third-order valence-corrected chi connectivity index (χ3v) is 14.8. The highest BCUT2D eigenvalue weighted by Gasteiger charge is 2.92. The summed E-state index contributed by atoms with van der Waals surface area (Å²) in [6.07, 6.45) is 8.03. The SMILES string of the molecule is COc1ccc2c3c1OC1C4(OC)CCC5(CC4C(C)(O)C(I)c4ccccc4)C4N(CC6CC6)[C@]4(C2)C[C@]315. The average molecular weight is 640 g/mol. The highest BCUT2D eigenvalue weighted by Crippen LogP contribution is 2.86. The predicted molar refractivity (Wildman–Crippen MR) is 157 cm³/mol. The summed E-state index contributed by atoms with van der Waals surface area (Å²) in [5.41, 5.74) is 2.81. The molecule has 10 atom stereocenters. The van der Waals surface area contributed by atoms with Crippen LogP contribution in [-0.2, 0) is 16.6 Å². The van der Waals surface area contributed by atoms with Crippen LogP contribution in [0.5, 0.6) is 11.5 Å². The number of fused-ring (bicyclic) bond motifs is 2. The standard InChI is InChI=1S/C33H38INO4/c1-29(36,26(34)20-7-5-4-6-8-20)23-16-30-13-14-33(23,38-3)28-32(30)18-31(27(30)35(31)17-19-9-10-19)15-21-11-12-22(37-2)25(39-28)24(21)32/h4-8,11-12,19,23,26-28,36H,9-10,13-18H2,1-3H3/t23?,26?,27?,28?,29?,30?,31-,32+,33?,35?/m1/s1. The van der Waals surface area contributed by atoms with Crippen LogP contribution in [-0.4, -0.2) is 59.7 Å². The molecule has 39 heavy (non-hydrogen) atoms. The fourth-order valence-corrected chi connectivity index (χ4v) is 12.1. The van der Waals surface area contributed by atoms with Crippen molar-refractivity contribution in [1.82, 2.24) is 4.90 Å². The molecular formula is C33H38INO4. The Morgan fingerprint density at radius 3 is 2.67 bits per heavy atom. The van der Waals surface area contributed by atoms with E-state index in [0.717, 1.165) is 43.1 Å². The summed E-state index contributed by atoms with van der Waals surface area (Å²) in [7, 11) is 3.64. The zero-order valence-electron chi connectivity index (χ0n) is 23.1. The van der Waals surface area contributed by atoms with E-state index in [1.165, 1.54) is 42.5 Å². The van der Waals surface area contributed by atoms with Gasteiger partial charge in [0.05, 0.1) is 16.6 Å². The molecule has 0 amide bonds. The van der Waals surface area contributed by atoms with E-state index in [9.17, 15) is 5.11 Å². The third-order valence-electron chi connectivity index (χ3n) is 12.8. The minimum atomic E-state index is -0.960. The van der Waals surface area contributed by atoms with Crippen molar-refractivity contribution in [2.75, 3.05) is 20.8 Å². The largest absolute Gasteiger partial charge is 0.493 e. The molecule has 2 heterocycles. The molecule has 2 aromatic carbocycles. The van der Waals surface area contributed by atoms with Gasteiger partial charge < -0.3 is 19.3 Å². The second-order valence-electron chi connectivity index (χ2n) is 14.1. The van der Waals surface area contributed by atoms with E-state index in [1.54, 1.807) is 7.11 Å². The number of halogens is 1. The van der Waals surface area contributed by atoms with Crippen molar-refractivity contribution in [3.63, 3.8) is 0 Å². The molecule has 2 aromatic rings. The van der Waals surface area contributed by atoms with Crippen LogP contribution in [0.25, 0.3) is 0 Å². The van der Waals surface area contributed by atoms with Gasteiger partial charge in [-0.25, -0.2) is 0 Å². The van der Waals surface area contributed by atoms with Crippen LogP contribution in [0.1, 0.15) is 66.1 Å². The molecule has 1 N–H and O–H groups in total. The van der Waals surface area contributed by atoms with E-state index in [1.807, 2.05) is 7.11 Å². The molecule has 6 fully saturated rings. The number of likely N-dealkylation sites (tertiary alicyclic amines) is 1. The van der Waals surface area contributed by atoms with Gasteiger partial charge in [0.15, 0.2) is 11.5 Å². The molecule has 5 saturated carbocycles. The molecule has 4 bridgehead atoms. The van der Waals surface area contributed by atoms with Gasteiger partial charge >= 0.3 is 0 Å². The number of aliphatic hydroxyl groups is 1. The average Bonchev–Trinajstić information content (AvgIpc) is 3.82. The van der Waals surface area contributed by atoms with Gasteiger partial charge in [-0.15, -0.1) is 0 Å². The molecule has 8 unspecified atom stereocenters. The molecule has 206 valence electrons. The first-order valence-corrected chi connectivity index (χ1v) is 16.1. The van der Waals surface area contributed by atoms with Gasteiger partial charge in [0, 0.05) is 47.5 Å². The normalized spacial score (nSPS) is 45.7. The van der Waals surface area contributed by atoms with Gasteiger partial charge in [-0.2, -0.15) is 0 Å². The topological polar surface area (TPSA) is 50.9 Å². The Hall–Kier alpha value is -1.35. The maximum Gasteiger partial charge on any atom is 0.165 e. The van der Waals surface area contributed by atoms with Crippen molar-refractivity contribution in [3.05, 3.63) is 59.2 Å². The summed E-state index contributed by atoms with van der Waals surface area (Å²) >= 11 is 2.48. The molecule has 8 aliphatic rings. The van der Waals surface area contributed by atoms with Crippen LogP contribution in [0.3, 0.4) is 0 Å². The first-order chi connectivity index (χ1) is 18.8. The van der Waals surface area contributed by atoms with Crippen molar-refractivity contribution in [2.45, 2.75) is 90.1 Å². The monoisotopic (exact) mass is 639 g/mol. The van der Waals surface area contributed by atoms with Crippen LogP contribution >= 0.6 is 22.6 Å². The summed E-state index contributed by atoms with van der Waals surface area (Å²) in [5.74, 6) is 2.66. The Kier molecular flexibility index (Phi) is 4.57. The minimum absolute atomic E-state index is 0.0370. The van der Waals surface area contributed by atoms with Crippen molar-refractivity contribution in [1.29, 1.82) is 0 Å². The highest BCUT2D eigenvalue weighted by atomic mass is 127. The maximum absolute atomic E-state index is 12.6. The van der Waals surface area contributed by atoms with E-state index in [0.29, 0.717) is 6.04 Å². The zero-order valence-corrected chi connectivity index (χ0v) is 25.2. The number of rotatable bonds is 7.